The molecule has 0 aromatic rings. The van der Waals surface area contributed by atoms with Crippen LogP contribution >= 0.6 is 0 Å². The molecule has 0 saturated heterocycles. The average molecular weight is 182 g/mol. The molecule has 0 heterocycles. The highest BCUT2D eigenvalue weighted by Crippen LogP contribution is 2.10. The van der Waals surface area contributed by atoms with Crippen molar-refractivity contribution in [2.75, 3.05) is 20.6 Å². The first-order valence-electron chi connectivity index (χ1n) is 4.75. The molecule has 0 aliphatic rings. The Kier molecular flexibility index (Phi) is 6.33. The van der Waals surface area contributed by atoms with Gasteiger partial charge in [0.25, 0.3) is 0 Å². The summed E-state index contributed by atoms with van der Waals surface area (Å²) in [6.45, 7) is 5.05. The van der Waals surface area contributed by atoms with Crippen molar-refractivity contribution < 1.29 is 0 Å². The van der Waals surface area contributed by atoms with Gasteiger partial charge in [-0.3, -0.25) is 0 Å². The van der Waals surface area contributed by atoms with Crippen LogP contribution in [0.25, 0.3) is 0 Å². The molecule has 0 rings (SSSR count). The number of allylic oxidation sites excluding steroid dienone is 2. The van der Waals surface area contributed by atoms with E-state index < -0.39 is 0 Å². The fourth-order valence-electron chi connectivity index (χ4n) is 1.33. The van der Waals surface area contributed by atoms with Crippen LogP contribution in [-0.2, 0) is 0 Å². The summed E-state index contributed by atoms with van der Waals surface area (Å²) >= 11 is 0. The van der Waals surface area contributed by atoms with Crippen molar-refractivity contribution in [2.45, 2.75) is 26.7 Å². The number of hydrogen-bond acceptors (Lipinski definition) is 2. The van der Waals surface area contributed by atoms with E-state index in [1.54, 1.807) is 0 Å². The molecule has 2 heteroatoms. The van der Waals surface area contributed by atoms with E-state index in [1.807, 2.05) is 14.1 Å². The van der Waals surface area contributed by atoms with E-state index in [0.29, 0.717) is 0 Å². The van der Waals surface area contributed by atoms with Crippen LogP contribution < -0.4 is 5.73 Å². The molecule has 0 unspecified atom stereocenters. The highest BCUT2D eigenvalue weighted by molar-refractivity contribution is 5.11. The highest BCUT2D eigenvalue weighted by Gasteiger charge is 1.92. The first-order valence-corrected chi connectivity index (χ1v) is 4.75. The molecule has 76 valence electrons. The predicted octanol–water partition coefficient (Wildman–Crippen LogP) is 2.14. The third-order valence-electron chi connectivity index (χ3n) is 1.70. The summed E-state index contributed by atoms with van der Waals surface area (Å²) in [7, 11) is 4.09. The second-order valence-electron chi connectivity index (χ2n) is 3.74. The maximum Gasteiger partial charge on any atom is 0.00556 e. The Morgan fingerprint density at radius 2 is 1.85 bits per heavy atom. The lowest BCUT2D eigenvalue weighted by molar-refractivity contribution is 0.556. The molecule has 13 heavy (non-hydrogen) atoms. The quantitative estimate of drug-likeness (QED) is 0.660. The molecule has 0 aliphatic heterocycles. The topological polar surface area (TPSA) is 29.3 Å². The van der Waals surface area contributed by atoms with Gasteiger partial charge in [-0.2, -0.15) is 0 Å². The highest BCUT2D eigenvalue weighted by atomic mass is 15.0. The van der Waals surface area contributed by atoms with Crippen molar-refractivity contribution in [2.24, 2.45) is 5.73 Å². The Hall–Kier alpha value is -0.760. The van der Waals surface area contributed by atoms with E-state index in [4.69, 9.17) is 5.73 Å². The van der Waals surface area contributed by atoms with E-state index in [9.17, 15) is 0 Å². The van der Waals surface area contributed by atoms with Gasteiger partial charge in [0.15, 0.2) is 0 Å². The zero-order valence-corrected chi connectivity index (χ0v) is 9.30. The van der Waals surface area contributed by atoms with E-state index in [0.717, 1.165) is 19.4 Å². The lowest BCUT2D eigenvalue weighted by atomic mass is 10.1. The third-order valence-corrected chi connectivity index (χ3v) is 1.70. The molecule has 0 aromatic carbocycles. The van der Waals surface area contributed by atoms with Crippen LogP contribution in [0.4, 0.5) is 0 Å². The molecule has 0 aliphatic carbocycles. The minimum Gasteiger partial charge on any atom is -0.384 e. The van der Waals surface area contributed by atoms with Gasteiger partial charge < -0.3 is 10.6 Å². The molecule has 2 nitrogen and oxygen atoms in total. The van der Waals surface area contributed by atoms with Gasteiger partial charge in [-0.25, -0.2) is 0 Å². The summed E-state index contributed by atoms with van der Waals surface area (Å²) < 4.78 is 0. The summed E-state index contributed by atoms with van der Waals surface area (Å²) in [5.41, 5.74) is 8.21. The molecule has 2 N–H and O–H groups in total. The third kappa shape index (κ3) is 7.60. The lowest BCUT2D eigenvalue weighted by Gasteiger charge is -2.08. The van der Waals surface area contributed by atoms with Gasteiger partial charge in [0.2, 0.25) is 0 Å². The summed E-state index contributed by atoms with van der Waals surface area (Å²) in [6.07, 6.45) is 6.41. The normalized spacial score (nSPS) is 13.3. The minimum atomic E-state index is 0.744. The Labute approximate surface area is 82.1 Å². The van der Waals surface area contributed by atoms with Gasteiger partial charge in [-0.15, -0.1) is 0 Å². The SMILES string of the molecule is C/C(=C/N(C)C)C/C(C)=C/CCN. The van der Waals surface area contributed by atoms with Crippen molar-refractivity contribution in [3.8, 4) is 0 Å². The molecule has 0 amide bonds. The first kappa shape index (κ1) is 12.2. The molecular weight excluding hydrogens is 160 g/mol. The van der Waals surface area contributed by atoms with Gasteiger partial charge in [0.05, 0.1) is 0 Å². The second kappa shape index (κ2) is 6.72. The number of nitrogens with two attached hydrogens (primary N) is 1. The standard InChI is InChI=1S/C11H22N2/c1-10(6-5-7-12)8-11(2)9-13(3)4/h6,9H,5,7-8,12H2,1-4H3/b10-6+,11-9-. The van der Waals surface area contributed by atoms with Gasteiger partial charge in [-0.05, 0) is 39.4 Å². The van der Waals surface area contributed by atoms with Gasteiger partial charge in [0.1, 0.15) is 0 Å². The van der Waals surface area contributed by atoms with Crippen LogP contribution in [0.15, 0.2) is 23.4 Å². The van der Waals surface area contributed by atoms with Crippen molar-refractivity contribution in [1.29, 1.82) is 0 Å². The van der Waals surface area contributed by atoms with E-state index in [1.165, 1.54) is 11.1 Å². The van der Waals surface area contributed by atoms with Crippen molar-refractivity contribution >= 4 is 0 Å². The molecule has 0 fully saturated rings. The fraction of sp³-hybridized carbons (Fsp3) is 0.636. The lowest BCUT2D eigenvalue weighted by Crippen LogP contribution is -2.02. The van der Waals surface area contributed by atoms with Crippen LogP contribution in [0.1, 0.15) is 26.7 Å². The Morgan fingerprint density at radius 3 is 2.31 bits per heavy atom. The van der Waals surface area contributed by atoms with Gasteiger partial charge >= 0.3 is 0 Å². The number of rotatable bonds is 5. The summed E-state index contributed by atoms with van der Waals surface area (Å²) in [6, 6.07) is 0. The van der Waals surface area contributed by atoms with Crippen LogP contribution in [0, 0.1) is 0 Å². The van der Waals surface area contributed by atoms with Gasteiger partial charge in [0, 0.05) is 14.1 Å². The molecule has 0 aromatic heterocycles. The molecule has 0 saturated carbocycles. The maximum atomic E-state index is 5.42. The maximum absolute atomic E-state index is 5.42. The Morgan fingerprint density at radius 1 is 1.23 bits per heavy atom. The van der Waals surface area contributed by atoms with E-state index >= 15 is 0 Å². The largest absolute Gasteiger partial charge is 0.384 e. The first-order chi connectivity index (χ1) is 6.06. The zero-order chi connectivity index (χ0) is 10.3. The van der Waals surface area contributed by atoms with Crippen LogP contribution in [0.5, 0.6) is 0 Å². The predicted molar refractivity (Wildman–Crippen MR) is 59.5 cm³/mol. The molecule has 0 atom stereocenters. The van der Waals surface area contributed by atoms with Crippen LogP contribution in [0.2, 0.25) is 0 Å². The molecule has 0 bridgehead atoms. The monoisotopic (exact) mass is 182 g/mol. The Balaban J connectivity index is 3.97. The Bertz CT molecular complexity index is 190. The molecular formula is C11H22N2. The van der Waals surface area contributed by atoms with Gasteiger partial charge in [-0.1, -0.05) is 17.2 Å². The zero-order valence-electron chi connectivity index (χ0n) is 9.30. The van der Waals surface area contributed by atoms with Crippen molar-refractivity contribution in [1.82, 2.24) is 4.90 Å². The fourth-order valence-corrected chi connectivity index (χ4v) is 1.33. The second-order valence-corrected chi connectivity index (χ2v) is 3.74. The van der Waals surface area contributed by atoms with Crippen molar-refractivity contribution in [3.63, 3.8) is 0 Å². The number of nitrogens with zero attached hydrogens (tertiary/aromatic N) is 1. The van der Waals surface area contributed by atoms with Crippen LogP contribution in [0.3, 0.4) is 0 Å². The van der Waals surface area contributed by atoms with Crippen molar-refractivity contribution in [3.05, 3.63) is 23.4 Å². The molecule has 0 spiro atoms. The van der Waals surface area contributed by atoms with E-state index in [-0.39, 0.29) is 0 Å². The average Bonchev–Trinajstić information content (AvgIpc) is 1.98. The smallest absolute Gasteiger partial charge is 0.00556 e. The minimum absolute atomic E-state index is 0.744. The molecule has 0 radical (unpaired) electrons. The summed E-state index contributed by atoms with van der Waals surface area (Å²) in [5.74, 6) is 0. The summed E-state index contributed by atoms with van der Waals surface area (Å²) in [4.78, 5) is 2.07. The number of hydrogen-bond donors (Lipinski definition) is 1. The summed E-state index contributed by atoms with van der Waals surface area (Å²) in [5, 5.41) is 0. The van der Waals surface area contributed by atoms with Crippen LogP contribution in [-0.4, -0.2) is 25.5 Å². The van der Waals surface area contributed by atoms with E-state index in [2.05, 4.69) is 31.0 Å².